The smallest absolute Gasteiger partial charge is 0.159 e. The molecule has 2 atom stereocenters. The molecule has 4 heterocycles. The molecule has 4 nitrogen and oxygen atoms in total. The lowest BCUT2D eigenvalue weighted by Gasteiger charge is -2.28. The van der Waals surface area contributed by atoms with E-state index in [1.807, 2.05) is 12.1 Å². The monoisotopic (exact) mass is 482 g/mol. The Morgan fingerprint density at radius 2 is 1.78 bits per heavy atom. The zero-order valence-electron chi connectivity index (χ0n) is 20.2. The van der Waals surface area contributed by atoms with Crippen LogP contribution < -0.4 is 0 Å². The predicted octanol–water partition coefficient (Wildman–Crippen LogP) is 6.62. The highest BCUT2D eigenvalue weighted by atomic mass is 19.2. The number of aryl methyl sites for hydroxylation is 1. The van der Waals surface area contributed by atoms with Crippen molar-refractivity contribution in [3.05, 3.63) is 102 Å². The molecule has 6 rings (SSSR count). The van der Waals surface area contributed by atoms with Gasteiger partial charge in [-0.05, 0) is 77.8 Å². The molecule has 0 unspecified atom stereocenters. The number of rotatable bonds is 5. The molecule has 182 valence electrons. The molecule has 0 saturated carbocycles. The quantitative estimate of drug-likeness (QED) is 0.348. The van der Waals surface area contributed by atoms with Crippen molar-refractivity contribution in [1.82, 2.24) is 20.1 Å². The van der Waals surface area contributed by atoms with Gasteiger partial charge in [-0.1, -0.05) is 37.3 Å². The Hall–Kier alpha value is -3.64. The molecule has 4 aromatic rings. The van der Waals surface area contributed by atoms with Crippen molar-refractivity contribution in [3.63, 3.8) is 0 Å². The van der Waals surface area contributed by atoms with Gasteiger partial charge >= 0.3 is 0 Å². The van der Waals surface area contributed by atoms with Gasteiger partial charge in [-0.3, -0.25) is 15.0 Å². The van der Waals surface area contributed by atoms with Crippen LogP contribution in [0, 0.1) is 11.6 Å². The summed E-state index contributed by atoms with van der Waals surface area (Å²) in [4.78, 5) is 6.73. The number of aromatic nitrogens is 3. The maximum absolute atomic E-state index is 14.1. The summed E-state index contributed by atoms with van der Waals surface area (Å²) >= 11 is 0. The Morgan fingerprint density at radius 3 is 2.53 bits per heavy atom. The van der Waals surface area contributed by atoms with Gasteiger partial charge in [0.1, 0.15) is 5.69 Å². The first-order valence-electron chi connectivity index (χ1n) is 12.6. The van der Waals surface area contributed by atoms with E-state index in [0.717, 1.165) is 55.2 Å². The molecule has 36 heavy (non-hydrogen) atoms. The van der Waals surface area contributed by atoms with Crippen LogP contribution in [0.25, 0.3) is 28.0 Å². The van der Waals surface area contributed by atoms with E-state index in [1.165, 1.54) is 22.8 Å². The molecule has 1 N–H and O–H groups in total. The molecule has 1 fully saturated rings. The average Bonchev–Trinajstić information content (AvgIpc) is 3.55. The van der Waals surface area contributed by atoms with Crippen LogP contribution in [0.1, 0.15) is 42.5 Å². The summed E-state index contributed by atoms with van der Waals surface area (Å²) in [5.41, 5.74) is 7.93. The number of halogens is 2. The third-order valence-corrected chi connectivity index (χ3v) is 7.62. The molecule has 1 saturated heterocycles. The van der Waals surface area contributed by atoms with Gasteiger partial charge in [0.25, 0.3) is 0 Å². The maximum Gasteiger partial charge on any atom is 0.159 e. The normalized spacial score (nSPS) is 19.8. The minimum atomic E-state index is -0.880. The van der Waals surface area contributed by atoms with Crippen molar-refractivity contribution in [2.45, 2.75) is 38.1 Å². The summed E-state index contributed by atoms with van der Waals surface area (Å²) in [5, 5.41) is 7.82. The van der Waals surface area contributed by atoms with Crippen molar-refractivity contribution in [2.75, 3.05) is 13.1 Å². The van der Waals surface area contributed by atoms with Crippen molar-refractivity contribution < 1.29 is 8.78 Å². The fourth-order valence-corrected chi connectivity index (χ4v) is 5.65. The Balaban J connectivity index is 1.35. The molecule has 2 aliphatic heterocycles. The lowest BCUT2D eigenvalue weighted by molar-refractivity contribution is 0.285. The van der Waals surface area contributed by atoms with E-state index in [2.05, 4.69) is 57.3 Å². The van der Waals surface area contributed by atoms with Crippen LogP contribution in [0.5, 0.6) is 0 Å². The first kappa shape index (κ1) is 22.8. The third kappa shape index (κ3) is 4.16. The van der Waals surface area contributed by atoms with Crippen LogP contribution in [0.4, 0.5) is 8.78 Å². The predicted molar refractivity (Wildman–Crippen MR) is 138 cm³/mol. The zero-order valence-corrected chi connectivity index (χ0v) is 20.2. The molecule has 0 radical (unpaired) electrons. The first-order valence-corrected chi connectivity index (χ1v) is 12.6. The maximum atomic E-state index is 14.1. The van der Waals surface area contributed by atoms with Crippen LogP contribution in [0.15, 0.2) is 73.1 Å². The van der Waals surface area contributed by atoms with Crippen molar-refractivity contribution in [2.24, 2.45) is 0 Å². The summed E-state index contributed by atoms with van der Waals surface area (Å²) in [6.07, 6.45) is 8.89. The fraction of sp³-hybridized carbons (Fsp3) is 0.267. The van der Waals surface area contributed by atoms with Gasteiger partial charge < -0.3 is 0 Å². The van der Waals surface area contributed by atoms with E-state index < -0.39 is 11.6 Å². The molecule has 0 aliphatic carbocycles. The van der Waals surface area contributed by atoms with Gasteiger partial charge in [-0.15, -0.1) is 0 Å². The van der Waals surface area contributed by atoms with E-state index in [4.69, 9.17) is 0 Å². The molecule has 0 amide bonds. The molecule has 0 bridgehead atoms. The minimum absolute atomic E-state index is 0.366. The number of pyridine rings is 1. The Labute approximate surface area is 209 Å². The Bertz CT molecular complexity index is 1410. The largest absolute Gasteiger partial charge is 0.296 e. The van der Waals surface area contributed by atoms with E-state index >= 15 is 0 Å². The zero-order chi connectivity index (χ0) is 24.6. The second-order valence-corrected chi connectivity index (χ2v) is 9.72. The van der Waals surface area contributed by atoms with Crippen LogP contribution in [0.2, 0.25) is 0 Å². The van der Waals surface area contributed by atoms with Gasteiger partial charge in [-0.2, -0.15) is 5.10 Å². The van der Waals surface area contributed by atoms with Crippen LogP contribution in [0.3, 0.4) is 0 Å². The van der Waals surface area contributed by atoms with E-state index in [1.54, 1.807) is 18.5 Å². The van der Waals surface area contributed by atoms with Crippen LogP contribution in [-0.2, 0) is 6.42 Å². The highest BCUT2D eigenvalue weighted by molar-refractivity contribution is 5.89. The first-order chi connectivity index (χ1) is 17.6. The topological polar surface area (TPSA) is 44.8 Å². The van der Waals surface area contributed by atoms with Crippen LogP contribution >= 0.6 is 0 Å². The summed E-state index contributed by atoms with van der Waals surface area (Å²) in [7, 11) is 0. The van der Waals surface area contributed by atoms with Gasteiger partial charge in [0, 0.05) is 42.7 Å². The Morgan fingerprint density at radius 1 is 0.972 bits per heavy atom. The van der Waals surface area contributed by atoms with E-state index in [0.29, 0.717) is 23.2 Å². The summed E-state index contributed by atoms with van der Waals surface area (Å²) < 4.78 is 27.7. The summed E-state index contributed by atoms with van der Waals surface area (Å²) in [6, 6.07) is 17.2. The fourth-order valence-electron chi connectivity index (χ4n) is 5.65. The second-order valence-electron chi connectivity index (χ2n) is 9.72. The molecule has 0 spiro atoms. The molecule has 6 heteroatoms. The standard InChI is InChI=1S/C30H28F2N4/c1-2-19-3-5-20(6-4-19)24-16-25-15-23(11-14-36(25)18-24)30-28(21-9-12-33-13-10-21)29(34-35-30)22-7-8-26(31)27(32)17-22/h3-10,12-13,15,17,24-25H,2,11,14,16,18H2,1H3,(H,34,35)/t24-,25-/m1/s1. The van der Waals surface area contributed by atoms with Crippen molar-refractivity contribution in [3.8, 4) is 22.4 Å². The lowest BCUT2D eigenvalue weighted by Crippen LogP contribution is -2.32. The SMILES string of the molecule is CCc1ccc([C@@H]2C[C@H]3C=C(c4[nH]nc(-c5ccc(F)c(F)c5)c4-c4ccncc4)CCN3C2)cc1. The van der Waals surface area contributed by atoms with Gasteiger partial charge in [0.05, 0.1) is 5.69 Å². The molecule has 2 aromatic heterocycles. The lowest BCUT2D eigenvalue weighted by atomic mass is 9.91. The number of H-pyrrole nitrogens is 1. The van der Waals surface area contributed by atoms with Gasteiger partial charge in [0.2, 0.25) is 0 Å². The van der Waals surface area contributed by atoms with Gasteiger partial charge in [-0.25, -0.2) is 8.78 Å². The average molecular weight is 483 g/mol. The molecular formula is C30H28F2N4. The number of fused-ring (bicyclic) bond motifs is 1. The summed E-state index contributed by atoms with van der Waals surface area (Å²) in [6.45, 7) is 4.24. The van der Waals surface area contributed by atoms with Crippen molar-refractivity contribution in [1.29, 1.82) is 0 Å². The third-order valence-electron chi connectivity index (χ3n) is 7.62. The van der Waals surface area contributed by atoms with E-state index in [9.17, 15) is 8.78 Å². The number of aromatic amines is 1. The van der Waals surface area contributed by atoms with Gasteiger partial charge in [0.15, 0.2) is 11.6 Å². The summed E-state index contributed by atoms with van der Waals surface area (Å²) in [5.74, 6) is -1.22. The molecular weight excluding hydrogens is 454 g/mol. The second kappa shape index (κ2) is 9.43. The highest BCUT2D eigenvalue weighted by Gasteiger charge is 2.35. The Kier molecular flexibility index (Phi) is 5.97. The molecule has 2 aromatic carbocycles. The number of hydrogen-bond donors (Lipinski definition) is 1. The van der Waals surface area contributed by atoms with E-state index in [-0.39, 0.29) is 0 Å². The number of benzene rings is 2. The number of hydrogen-bond acceptors (Lipinski definition) is 3. The van der Waals surface area contributed by atoms with Crippen LogP contribution in [-0.4, -0.2) is 39.2 Å². The number of nitrogens with one attached hydrogen (secondary N) is 1. The number of nitrogens with zero attached hydrogens (tertiary/aromatic N) is 3. The highest BCUT2D eigenvalue weighted by Crippen LogP contribution is 2.41. The molecule has 2 aliphatic rings. The van der Waals surface area contributed by atoms with Crippen molar-refractivity contribution >= 4 is 5.57 Å². The minimum Gasteiger partial charge on any atom is -0.296 e.